The van der Waals surface area contributed by atoms with Crippen LogP contribution in [0.3, 0.4) is 0 Å². The number of hydrogen-bond donors (Lipinski definition) is 1. The molecule has 0 saturated heterocycles. The fraction of sp³-hybridized carbons (Fsp3) is 0.294. The average molecular weight is 273 g/mol. The molecule has 0 aliphatic carbocycles. The molecule has 3 heteroatoms. The second-order valence-electron chi connectivity index (χ2n) is 4.94. The van der Waals surface area contributed by atoms with Crippen LogP contribution in [-0.2, 0) is 6.42 Å². The number of halogens is 1. The van der Waals surface area contributed by atoms with Crippen molar-refractivity contribution in [2.45, 2.75) is 32.7 Å². The van der Waals surface area contributed by atoms with Crippen molar-refractivity contribution in [1.29, 1.82) is 0 Å². The molecule has 0 saturated carbocycles. The van der Waals surface area contributed by atoms with Gasteiger partial charge in [0.1, 0.15) is 17.3 Å². The molecule has 0 bridgehead atoms. The highest BCUT2D eigenvalue weighted by atomic mass is 19.1. The summed E-state index contributed by atoms with van der Waals surface area (Å²) in [5, 5.41) is 0. The summed E-state index contributed by atoms with van der Waals surface area (Å²) in [7, 11) is 0. The van der Waals surface area contributed by atoms with E-state index in [1.54, 1.807) is 19.1 Å². The Morgan fingerprint density at radius 2 is 1.85 bits per heavy atom. The van der Waals surface area contributed by atoms with Crippen molar-refractivity contribution in [3.05, 3.63) is 59.4 Å². The molecular weight excluding hydrogens is 253 g/mol. The quantitative estimate of drug-likeness (QED) is 0.864. The number of hydrogen-bond acceptors (Lipinski definition) is 2. The lowest BCUT2D eigenvalue weighted by molar-refractivity contribution is 0.460. The molecule has 2 N–H and O–H groups in total. The zero-order valence-corrected chi connectivity index (χ0v) is 11.9. The van der Waals surface area contributed by atoms with E-state index >= 15 is 0 Å². The fourth-order valence-electron chi connectivity index (χ4n) is 2.19. The average Bonchev–Trinajstić information content (AvgIpc) is 2.41. The van der Waals surface area contributed by atoms with Gasteiger partial charge in [0.05, 0.1) is 0 Å². The molecule has 20 heavy (non-hydrogen) atoms. The Labute approximate surface area is 119 Å². The standard InChI is InChI=1S/C17H20FNO/c1-3-5-13-8-10-14(11-9-13)20-16-7-4-6-15(18)17(16)12(2)19/h4,6-12H,3,5,19H2,1-2H3/t12-/m0/s1. The Kier molecular flexibility index (Phi) is 4.74. The van der Waals surface area contributed by atoms with Crippen LogP contribution in [-0.4, -0.2) is 0 Å². The molecule has 2 aromatic rings. The van der Waals surface area contributed by atoms with Gasteiger partial charge in [-0.15, -0.1) is 0 Å². The zero-order valence-electron chi connectivity index (χ0n) is 11.9. The van der Waals surface area contributed by atoms with Crippen LogP contribution in [0, 0.1) is 5.82 Å². The van der Waals surface area contributed by atoms with Gasteiger partial charge in [0.2, 0.25) is 0 Å². The smallest absolute Gasteiger partial charge is 0.135 e. The van der Waals surface area contributed by atoms with E-state index in [2.05, 4.69) is 6.92 Å². The number of rotatable bonds is 5. The van der Waals surface area contributed by atoms with E-state index in [1.165, 1.54) is 11.6 Å². The summed E-state index contributed by atoms with van der Waals surface area (Å²) < 4.78 is 19.6. The van der Waals surface area contributed by atoms with Crippen molar-refractivity contribution >= 4 is 0 Å². The van der Waals surface area contributed by atoms with Crippen LogP contribution < -0.4 is 10.5 Å². The Morgan fingerprint density at radius 1 is 1.15 bits per heavy atom. The van der Waals surface area contributed by atoms with Crippen molar-refractivity contribution in [2.24, 2.45) is 5.73 Å². The molecule has 1 atom stereocenters. The van der Waals surface area contributed by atoms with Crippen LogP contribution in [0.2, 0.25) is 0 Å². The van der Waals surface area contributed by atoms with Crippen LogP contribution in [0.25, 0.3) is 0 Å². The van der Waals surface area contributed by atoms with Crippen molar-refractivity contribution in [3.63, 3.8) is 0 Å². The van der Waals surface area contributed by atoms with Gasteiger partial charge in [-0.3, -0.25) is 0 Å². The molecule has 2 rings (SSSR count). The van der Waals surface area contributed by atoms with Gasteiger partial charge in [0.15, 0.2) is 0 Å². The largest absolute Gasteiger partial charge is 0.457 e. The first-order chi connectivity index (χ1) is 9.61. The molecule has 0 spiro atoms. The van der Waals surface area contributed by atoms with Crippen molar-refractivity contribution in [1.82, 2.24) is 0 Å². The lowest BCUT2D eigenvalue weighted by atomic mass is 10.1. The predicted molar refractivity (Wildman–Crippen MR) is 79.5 cm³/mol. The third-order valence-electron chi connectivity index (χ3n) is 3.16. The number of aryl methyl sites for hydroxylation is 1. The lowest BCUT2D eigenvalue weighted by Gasteiger charge is -2.14. The summed E-state index contributed by atoms with van der Waals surface area (Å²) in [5.74, 6) is 0.834. The van der Waals surface area contributed by atoms with E-state index in [0.29, 0.717) is 17.1 Å². The molecule has 2 aromatic carbocycles. The number of ether oxygens (including phenoxy) is 1. The molecule has 0 radical (unpaired) electrons. The SMILES string of the molecule is CCCc1ccc(Oc2cccc(F)c2[C@H](C)N)cc1. The predicted octanol–water partition coefficient (Wildman–Crippen LogP) is 4.59. The van der Waals surface area contributed by atoms with Gasteiger partial charge in [-0.05, 0) is 43.2 Å². The minimum Gasteiger partial charge on any atom is -0.457 e. The van der Waals surface area contributed by atoms with E-state index in [9.17, 15) is 4.39 Å². The summed E-state index contributed by atoms with van der Waals surface area (Å²) >= 11 is 0. The van der Waals surface area contributed by atoms with E-state index in [4.69, 9.17) is 10.5 Å². The monoisotopic (exact) mass is 273 g/mol. The van der Waals surface area contributed by atoms with Crippen molar-refractivity contribution in [3.8, 4) is 11.5 Å². The van der Waals surface area contributed by atoms with E-state index < -0.39 is 6.04 Å². The van der Waals surface area contributed by atoms with Crippen molar-refractivity contribution in [2.75, 3.05) is 0 Å². The Balaban J connectivity index is 2.23. The topological polar surface area (TPSA) is 35.2 Å². The van der Waals surface area contributed by atoms with Gasteiger partial charge in [-0.1, -0.05) is 31.5 Å². The van der Waals surface area contributed by atoms with E-state index in [0.717, 1.165) is 12.8 Å². The third kappa shape index (κ3) is 3.36. The van der Waals surface area contributed by atoms with Gasteiger partial charge in [-0.2, -0.15) is 0 Å². The first-order valence-electron chi connectivity index (χ1n) is 6.92. The summed E-state index contributed by atoms with van der Waals surface area (Å²) in [6.07, 6.45) is 2.16. The maximum atomic E-state index is 13.8. The van der Waals surface area contributed by atoms with E-state index in [-0.39, 0.29) is 5.82 Å². The highest BCUT2D eigenvalue weighted by Crippen LogP contribution is 2.30. The lowest BCUT2D eigenvalue weighted by Crippen LogP contribution is -2.09. The summed E-state index contributed by atoms with van der Waals surface area (Å²) in [4.78, 5) is 0. The Morgan fingerprint density at radius 3 is 2.45 bits per heavy atom. The first-order valence-corrected chi connectivity index (χ1v) is 6.92. The van der Waals surface area contributed by atoms with Crippen molar-refractivity contribution < 1.29 is 9.13 Å². The second-order valence-corrected chi connectivity index (χ2v) is 4.94. The molecule has 0 fully saturated rings. The second kappa shape index (κ2) is 6.53. The van der Waals surface area contributed by atoms with Crippen LogP contribution >= 0.6 is 0 Å². The van der Waals surface area contributed by atoms with Gasteiger partial charge in [-0.25, -0.2) is 4.39 Å². The normalized spacial score (nSPS) is 12.2. The number of benzene rings is 2. The molecule has 0 aliphatic heterocycles. The first kappa shape index (κ1) is 14.5. The van der Waals surface area contributed by atoms with Gasteiger partial charge >= 0.3 is 0 Å². The maximum absolute atomic E-state index is 13.8. The molecule has 106 valence electrons. The summed E-state index contributed by atoms with van der Waals surface area (Å²) in [6.45, 7) is 3.89. The maximum Gasteiger partial charge on any atom is 0.135 e. The zero-order chi connectivity index (χ0) is 14.5. The van der Waals surface area contributed by atoms with Crippen LogP contribution in [0.15, 0.2) is 42.5 Å². The number of nitrogens with two attached hydrogens (primary N) is 1. The van der Waals surface area contributed by atoms with Crippen LogP contribution in [0.5, 0.6) is 11.5 Å². The Hall–Kier alpha value is -1.87. The molecule has 0 aromatic heterocycles. The molecule has 0 aliphatic rings. The third-order valence-corrected chi connectivity index (χ3v) is 3.16. The minimum atomic E-state index is -0.412. The highest BCUT2D eigenvalue weighted by molar-refractivity contribution is 5.40. The summed E-state index contributed by atoms with van der Waals surface area (Å²) in [6, 6.07) is 12.2. The molecular formula is C17H20FNO. The fourth-order valence-corrected chi connectivity index (χ4v) is 2.19. The molecule has 2 nitrogen and oxygen atoms in total. The molecule has 0 amide bonds. The highest BCUT2D eigenvalue weighted by Gasteiger charge is 2.14. The molecule has 0 unspecified atom stereocenters. The minimum absolute atomic E-state index is 0.333. The van der Waals surface area contributed by atoms with E-state index in [1.807, 2.05) is 24.3 Å². The van der Waals surface area contributed by atoms with Crippen LogP contribution in [0.4, 0.5) is 4.39 Å². The Bertz CT molecular complexity index is 564. The van der Waals surface area contributed by atoms with Gasteiger partial charge < -0.3 is 10.5 Å². The summed E-state index contributed by atoms with van der Waals surface area (Å²) in [5.41, 5.74) is 7.49. The van der Waals surface area contributed by atoms with Gasteiger partial charge in [0.25, 0.3) is 0 Å². The van der Waals surface area contributed by atoms with Crippen LogP contribution in [0.1, 0.15) is 37.4 Å². The molecule has 0 heterocycles. The van der Waals surface area contributed by atoms with Gasteiger partial charge in [0, 0.05) is 11.6 Å².